The zero-order valence-electron chi connectivity index (χ0n) is 2.46. The third-order valence-corrected chi connectivity index (χ3v) is 0. The molecule has 0 saturated carbocycles. The Morgan fingerprint density at radius 3 is 1.17 bits per heavy atom. The van der Waals surface area contributed by atoms with E-state index in [2.05, 4.69) is 0 Å². The summed E-state index contributed by atoms with van der Waals surface area (Å²) in [6.07, 6.45) is 0. The molecule has 0 aliphatic carbocycles. The molecule has 0 bridgehead atoms. The first kappa shape index (κ1) is 10.2. The molecule has 4 nitrogen and oxygen atoms in total. The van der Waals surface area contributed by atoms with Crippen molar-refractivity contribution in [1.29, 1.82) is 0 Å². The normalized spacial score (nSPS) is 9.50. The van der Waals surface area contributed by atoms with E-state index in [1.807, 2.05) is 0 Å². The molecule has 0 aromatic heterocycles. The fourth-order valence-electron chi connectivity index (χ4n) is 0. The Morgan fingerprint density at radius 2 is 1.17 bits per heavy atom. The molecule has 0 unspecified atom stereocenters. The maximum absolute atomic E-state index is 8.69. The third kappa shape index (κ3) is 62.6. The smallest absolute Gasteiger partial charge is 0 e. The molecule has 0 radical (unpaired) electrons. The third-order valence-electron chi connectivity index (χ3n) is 0. The van der Waals surface area contributed by atoms with Crippen LogP contribution in [0.3, 0.4) is 0 Å². The molecule has 0 fully saturated rings. The molecule has 6 heteroatoms. The summed E-state index contributed by atoms with van der Waals surface area (Å²) in [5.41, 5.74) is 0. The molecule has 0 heterocycles. The first-order valence-electron chi connectivity index (χ1n) is 0.632. The Morgan fingerprint density at radius 1 is 1.17 bits per heavy atom. The Bertz CT molecular complexity index is 129. The van der Waals surface area contributed by atoms with Gasteiger partial charge in [0.1, 0.15) is 0 Å². The number of hydrogen-bond acceptors (Lipinski definition) is 3. The van der Waals surface area contributed by atoms with Gasteiger partial charge in [0.15, 0.2) is 0 Å². The fourth-order valence-corrected chi connectivity index (χ4v) is 0. The van der Waals surface area contributed by atoms with Crippen LogP contribution in [-0.4, -0.2) is 4.19 Å². The van der Waals surface area contributed by atoms with Gasteiger partial charge in [0.25, 0.3) is 0 Å². The molecule has 6 heavy (non-hydrogen) atoms. The van der Waals surface area contributed by atoms with E-state index >= 15 is 0 Å². The van der Waals surface area contributed by atoms with E-state index in [0.717, 1.165) is 0 Å². The van der Waals surface area contributed by atoms with E-state index in [1.54, 1.807) is 0 Å². The van der Waals surface area contributed by atoms with Gasteiger partial charge in [0.2, 0.25) is 0 Å². The van der Waals surface area contributed by atoms with Crippen molar-refractivity contribution in [1.82, 2.24) is 0 Å². The first-order valence-corrected chi connectivity index (χ1v) is 2.61. The standard InChI is InChI=1S/Mn.H2O.3O.Sm/h;1H2;;;;/q+1;;;;;/p-1. The summed E-state index contributed by atoms with van der Waals surface area (Å²) in [6.45, 7) is 0. The van der Waals surface area contributed by atoms with Gasteiger partial charge in [-0.2, -0.15) is 0 Å². The van der Waals surface area contributed by atoms with Crippen molar-refractivity contribution in [2.75, 3.05) is 0 Å². The van der Waals surface area contributed by atoms with Crippen LogP contribution in [-0.2, 0) is 24.5 Å². The minimum Gasteiger partial charge on any atom is 0 e. The van der Waals surface area contributed by atoms with E-state index in [-0.39, 0.29) is 40.4 Å². The van der Waals surface area contributed by atoms with E-state index in [0.29, 0.717) is 0 Å². The van der Waals surface area contributed by atoms with Crippen molar-refractivity contribution >= 4 is 0 Å². The second-order valence-electron chi connectivity index (χ2n) is 0.396. The van der Waals surface area contributed by atoms with Crippen LogP contribution < -0.4 is 0 Å². The van der Waals surface area contributed by atoms with E-state index in [9.17, 15) is 0 Å². The topological polar surface area (TPSA) is 71.4 Å². The second kappa shape index (κ2) is 3.25. The summed E-state index contributed by atoms with van der Waals surface area (Å²) >= 11 is -5.38. The largest absolute Gasteiger partial charge is 0 e. The van der Waals surface area contributed by atoms with Gasteiger partial charge in [-0.05, 0) is 0 Å². The molecule has 0 aromatic carbocycles. The zero-order chi connectivity index (χ0) is 4.50. The molecule has 0 aliphatic rings. The molecule has 0 aromatic rings. The molecule has 0 atom stereocenters. The van der Waals surface area contributed by atoms with Crippen molar-refractivity contribution in [2.45, 2.75) is 0 Å². The molecule has 0 rings (SSSR count). The van der Waals surface area contributed by atoms with Crippen LogP contribution in [0.2, 0.25) is 0 Å². The van der Waals surface area contributed by atoms with E-state index in [1.165, 1.54) is 0 Å². The maximum atomic E-state index is 8.69. The van der Waals surface area contributed by atoms with Crippen LogP contribution in [0.1, 0.15) is 0 Å². The van der Waals surface area contributed by atoms with Crippen molar-refractivity contribution < 1.29 is 69.1 Å². The second-order valence-corrected chi connectivity index (χ2v) is 1.63. The fraction of sp³-hybridized carbons (Fsp3) is 0. The van der Waals surface area contributed by atoms with Gasteiger partial charge in [0.05, 0.1) is 0 Å². The van der Waals surface area contributed by atoms with Gasteiger partial charge >= 0.3 is 28.7 Å². The van der Waals surface area contributed by atoms with Gasteiger partial charge in [-0.3, -0.25) is 0 Å². The van der Waals surface area contributed by atoms with Crippen LogP contribution in [0, 0.1) is 40.4 Å². The summed E-state index contributed by atoms with van der Waals surface area (Å²) in [6, 6.07) is 0. The van der Waals surface area contributed by atoms with Crippen LogP contribution in [0.4, 0.5) is 0 Å². The summed E-state index contributed by atoms with van der Waals surface area (Å²) in [4.78, 5) is 0. The molecule has 0 saturated heterocycles. The quantitative estimate of drug-likeness (QED) is 0.578. The van der Waals surface area contributed by atoms with Crippen molar-refractivity contribution in [2.24, 2.45) is 0 Å². The van der Waals surface area contributed by atoms with Crippen LogP contribution >= 0.6 is 0 Å². The minimum absolute atomic E-state index is 0. The van der Waals surface area contributed by atoms with Gasteiger partial charge in [0, 0.05) is 40.4 Å². The average molecular weight is 270 g/mol. The average Bonchev–Trinajstić information content (AvgIpc) is 0.722. The van der Waals surface area contributed by atoms with Gasteiger partial charge in [-0.15, -0.1) is 0 Å². The molecular weight excluding hydrogens is 269 g/mol. The summed E-state index contributed by atoms with van der Waals surface area (Å²) in [7, 11) is 0. The SMILES string of the molecule is [O]=[Mn](=[O])(=[O])[OH].[Sm]. The Labute approximate surface area is 68.2 Å². The Hall–Kier alpha value is 1.22. The molecular formula is HMnO4Sm. The van der Waals surface area contributed by atoms with Gasteiger partial charge in [-0.25, -0.2) is 0 Å². The summed E-state index contributed by atoms with van der Waals surface area (Å²) in [5, 5.41) is 0. The maximum Gasteiger partial charge on any atom is 0 e. The van der Waals surface area contributed by atoms with Crippen molar-refractivity contribution in [3.05, 3.63) is 0 Å². The van der Waals surface area contributed by atoms with Crippen molar-refractivity contribution in [3.8, 4) is 0 Å². The van der Waals surface area contributed by atoms with Crippen LogP contribution in [0.15, 0.2) is 0 Å². The molecule has 0 spiro atoms. The summed E-state index contributed by atoms with van der Waals surface area (Å²) < 4.78 is 33.1. The molecule has 38 valence electrons. The van der Waals surface area contributed by atoms with E-state index < -0.39 is 13.0 Å². The predicted molar refractivity (Wildman–Crippen MR) is 4.28 cm³/mol. The van der Waals surface area contributed by atoms with Crippen molar-refractivity contribution in [3.63, 3.8) is 0 Å². The van der Waals surface area contributed by atoms with Gasteiger partial charge in [-0.1, -0.05) is 0 Å². The zero-order valence-corrected chi connectivity index (χ0v) is 6.26. The van der Waals surface area contributed by atoms with Gasteiger partial charge < -0.3 is 0 Å². The van der Waals surface area contributed by atoms with Crippen LogP contribution in [0.25, 0.3) is 0 Å². The number of hydrogen-bond donors (Lipinski definition) is 1. The Kier molecular flexibility index (Phi) is 5.55. The first-order chi connectivity index (χ1) is 2.00. The van der Waals surface area contributed by atoms with E-state index in [4.69, 9.17) is 15.7 Å². The number of rotatable bonds is 0. The van der Waals surface area contributed by atoms with Crippen LogP contribution in [0.5, 0.6) is 0 Å². The molecule has 0 aliphatic heterocycles. The predicted octanol–water partition coefficient (Wildman–Crippen LogP) is -0.916. The monoisotopic (exact) mass is 272 g/mol. The minimum atomic E-state index is -5.38. The Balaban J connectivity index is 0. The molecule has 1 N–H and O–H groups in total. The molecule has 0 amide bonds. The summed E-state index contributed by atoms with van der Waals surface area (Å²) in [5.74, 6) is 0.